The minimum absolute atomic E-state index is 0.0124. The molecule has 0 radical (unpaired) electrons. The van der Waals surface area contributed by atoms with Crippen LogP contribution in [0.25, 0.3) is 32.7 Å². The van der Waals surface area contributed by atoms with Gasteiger partial charge < -0.3 is 35.4 Å². The molecule has 0 spiro atoms. The van der Waals surface area contributed by atoms with Gasteiger partial charge in [-0.25, -0.2) is 0 Å². The number of hydrogen-bond donors (Lipinski definition) is 4. The molecular weight excluding hydrogens is 648 g/mol. The summed E-state index contributed by atoms with van der Waals surface area (Å²) >= 11 is 0. The molecule has 51 heavy (non-hydrogen) atoms. The number of hydrogen-bond acceptors (Lipinski definition) is 6. The van der Waals surface area contributed by atoms with Crippen LogP contribution in [0.2, 0.25) is 0 Å². The highest BCUT2D eigenvalue weighted by Crippen LogP contribution is 2.33. The fourth-order valence-electron chi connectivity index (χ4n) is 5.77. The normalized spacial score (nSPS) is 11.6. The highest BCUT2D eigenvalue weighted by Gasteiger charge is 2.25. The molecule has 0 bridgehead atoms. The molecule has 6 N–H and O–H groups in total. The van der Waals surface area contributed by atoms with E-state index in [1.54, 1.807) is 23.9 Å². The summed E-state index contributed by atoms with van der Waals surface area (Å²) in [5.41, 5.74) is 17.0. The number of benzene rings is 3. The van der Waals surface area contributed by atoms with Gasteiger partial charge in [-0.1, -0.05) is 17.8 Å². The second-order valence-corrected chi connectivity index (χ2v) is 11.8. The van der Waals surface area contributed by atoms with Gasteiger partial charge in [0.2, 0.25) is 0 Å². The standard InChI is InChI=1S/C14H13N3O4.C14H14N2O2.C11H9N/c1-3-8-4-5-11-12(13(8)17(20)21)9(7-16(11)2)6-10(15)14(18)19;1-3-9-4-5-13-11(6-9)10(8-16(13)2)7-12(15)14(17)18;1-3-9-4-5-11-10(8-9)6-7-12(11)2/h1,4-5,7,10H,6,15H2,2H3,(H,18,19);1,4-6,8,12H,7,15H2,2H3,(H,17,18);1,4-8H,2H3. The lowest BCUT2D eigenvalue weighted by atomic mass is 10.0. The maximum absolute atomic E-state index is 11.3. The van der Waals surface area contributed by atoms with Crippen LogP contribution in [-0.4, -0.2) is 52.9 Å². The van der Waals surface area contributed by atoms with E-state index in [9.17, 15) is 19.7 Å². The largest absolute Gasteiger partial charge is 0.480 e. The van der Waals surface area contributed by atoms with Gasteiger partial charge in [0.15, 0.2) is 0 Å². The number of aromatic nitrogens is 3. The van der Waals surface area contributed by atoms with E-state index in [-0.39, 0.29) is 17.7 Å². The zero-order valence-corrected chi connectivity index (χ0v) is 28.2. The Morgan fingerprint density at radius 1 is 0.765 bits per heavy atom. The number of nitro groups is 1. The van der Waals surface area contributed by atoms with Crippen molar-refractivity contribution in [3.05, 3.63) is 111 Å². The Hall–Kier alpha value is -6.78. The SMILES string of the molecule is C#Cc1ccc2c(c(CC(N)C(=O)O)cn2C)c1[N+](=O)[O-].C#Cc1ccc2c(c1)c(CC(N)C(=O)O)cn2C.C#Cc1ccc2c(ccn2C)c1. The van der Waals surface area contributed by atoms with E-state index in [1.807, 2.05) is 67.5 Å². The van der Waals surface area contributed by atoms with Gasteiger partial charge in [0.05, 0.1) is 15.8 Å². The molecule has 0 amide bonds. The molecular formula is C39H36N6O6. The number of fused-ring (bicyclic) bond motifs is 3. The van der Waals surface area contributed by atoms with Crippen molar-refractivity contribution in [2.45, 2.75) is 24.9 Å². The molecule has 0 aliphatic rings. The van der Waals surface area contributed by atoms with Gasteiger partial charge in [0, 0.05) is 85.5 Å². The number of carboxylic acid groups (broad SMARTS) is 2. The molecule has 3 aromatic carbocycles. The van der Waals surface area contributed by atoms with Gasteiger partial charge >= 0.3 is 11.9 Å². The molecule has 12 heteroatoms. The molecule has 0 fully saturated rings. The summed E-state index contributed by atoms with van der Waals surface area (Å²) in [6, 6.07) is 14.9. The summed E-state index contributed by atoms with van der Waals surface area (Å²) in [6.07, 6.45) is 21.8. The van der Waals surface area contributed by atoms with E-state index in [4.69, 9.17) is 41.0 Å². The van der Waals surface area contributed by atoms with Crippen LogP contribution in [0.5, 0.6) is 0 Å². The van der Waals surface area contributed by atoms with Crippen molar-refractivity contribution in [2.75, 3.05) is 0 Å². The summed E-state index contributed by atoms with van der Waals surface area (Å²) in [5, 5.41) is 31.6. The van der Waals surface area contributed by atoms with Crippen molar-refractivity contribution in [3.8, 4) is 37.0 Å². The van der Waals surface area contributed by atoms with E-state index in [0.717, 1.165) is 27.6 Å². The van der Waals surface area contributed by atoms with Gasteiger partial charge in [-0.15, -0.1) is 19.3 Å². The van der Waals surface area contributed by atoms with E-state index in [1.165, 1.54) is 17.0 Å². The van der Waals surface area contributed by atoms with Gasteiger partial charge in [0.25, 0.3) is 5.69 Å². The molecule has 258 valence electrons. The van der Waals surface area contributed by atoms with Crippen molar-refractivity contribution in [2.24, 2.45) is 32.6 Å². The number of nitrogens with two attached hydrogens (primary N) is 2. The smallest absolute Gasteiger partial charge is 0.320 e. The van der Waals surface area contributed by atoms with Crippen LogP contribution < -0.4 is 11.5 Å². The van der Waals surface area contributed by atoms with Gasteiger partial charge in [-0.05, 0) is 65.7 Å². The van der Waals surface area contributed by atoms with Crippen LogP contribution in [-0.2, 0) is 43.6 Å². The number of aliphatic carboxylic acids is 2. The average molecular weight is 685 g/mol. The van der Waals surface area contributed by atoms with Gasteiger partial charge in [-0.2, -0.15) is 0 Å². The van der Waals surface area contributed by atoms with Crippen LogP contribution in [0.3, 0.4) is 0 Å². The number of terminal acetylenes is 3. The second kappa shape index (κ2) is 15.6. The fraction of sp³-hybridized carbons (Fsp3) is 0.179. The van der Waals surface area contributed by atoms with E-state index >= 15 is 0 Å². The first kappa shape index (κ1) is 37.0. The maximum atomic E-state index is 11.3. The summed E-state index contributed by atoms with van der Waals surface area (Å²) in [4.78, 5) is 32.5. The molecule has 0 aliphatic heterocycles. The van der Waals surface area contributed by atoms with Crippen molar-refractivity contribution >= 4 is 50.3 Å². The lowest BCUT2D eigenvalue weighted by Crippen LogP contribution is -2.32. The lowest BCUT2D eigenvalue weighted by Gasteiger charge is -2.05. The Kier molecular flexibility index (Phi) is 11.3. The van der Waals surface area contributed by atoms with E-state index < -0.39 is 28.9 Å². The summed E-state index contributed by atoms with van der Waals surface area (Å²) in [7, 11) is 5.66. The molecule has 0 saturated heterocycles. The first-order chi connectivity index (χ1) is 24.2. The Bertz CT molecular complexity index is 2430. The molecule has 0 aliphatic carbocycles. The zero-order valence-electron chi connectivity index (χ0n) is 28.2. The quantitative estimate of drug-likeness (QED) is 0.109. The Balaban J connectivity index is 0.000000177. The Morgan fingerprint density at radius 3 is 1.86 bits per heavy atom. The molecule has 3 aromatic heterocycles. The molecule has 2 atom stereocenters. The molecule has 0 saturated carbocycles. The summed E-state index contributed by atoms with van der Waals surface area (Å²) in [6.45, 7) is 0. The summed E-state index contributed by atoms with van der Waals surface area (Å²) in [5.74, 6) is 5.31. The maximum Gasteiger partial charge on any atom is 0.320 e. The van der Waals surface area contributed by atoms with Gasteiger partial charge in [0.1, 0.15) is 17.6 Å². The van der Waals surface area contributed by atoms with Crippen molar-refractivity contribution in [1.82, 2.24) is 13.7 Å². The monoisotopic (exact) mass is 684 g/mol. The highest BCUT2D eigenvalue weighted by molar-refractivity contribution is 5.95. The Labute approximate surface area is 294 Å². The predicted molar refractivity (Wildman–Crippen MR) is 198 cm³/mol. The Morgan fingerprint density at radius 2 is 1.29 bits per heavy atom. The van der Waals surface area contributed by atoms with Crippen molar-refractivity contribution < 1.29 is 24.7 Å². The molecule has 6 aromatic rings. The molecule has 6 rings (SSSR count). The van der Waals surface area contributed by atoms with Crippen LogP contribution in [0, 0.1) is 47.1 Å². The number of carboxylic acids is 2. The number of rotatable bonds is 7. The minimum Gasteiger partial charge on any atom is -0.480 e. The number of aryl methyl sites for hydroxylation is 3. The fourth-order valence-corrected chi connectivity index (χ4v) is 5.77. The minimum atomic E-state index is -1.16. The van der Waals surface area contributed by atoms with Crippen LogP contribution in [0.4, 0.5) is 5.69 Å². The van der Waals surface area contributed by atoms with Crippen LogP contribution in [0.15, 0.2) is 73.2 Å². The summed E-state index contributed by atoms with van der Waals surface area (Å²) < 4.78 is 5.71. The zero-order chi connectivity index (χ0) is 37.6. The van der Waals surface area contributed by atoms with Crippen LogP contribution >= 0.6 is 0 Å². The molecule has 3 heterocycles. The highest BCUT2D eigenvalue weighted by atomic mass is 16.6. The number of nitrogens with zero attached hydrogens (tertiary/aromatic N) is 4. The van der Waals surface area contributed by atoms with Crippen LogP contribution in [0.1, 0.15) is 27.8 Å². The third-order valence-corrected chi connectivity index (χ3v) is 8.35. The molecule has 2 unspecified atom stereocenters. The van der Waals surface area contributed by atoms with Gasteiger partial charge in [-0.3, -0.25) is 19.7 Å². The molecule has 12 nitrogen and oxygen atoms in total. The number of nitro benzene ring substituents is 1. The third kappa shape index (κ3) is 8.10. The first-order valence-corrected chi connectivity index (χ1v) is 15.5. The predicted octanol–water partition coefficient (Wildman–Crippen LogP) is 4.30. The van der Waals surface area contributed by atoms with Crippen molar-refractivity contribution in [1.29, 1.82) is 0 Å². The second-order valence-electron chi connectivity index (χ2n) is 11.8. The van der Waals surface area contributed by atoms with Crippen molar-refractivity contribution in [3.63, 3.8) is 0 Å². The lowest BCUT2D eigenvalue weighted by molar-refractivity contribution is -0.383. The first-order valence-electron chi connectivity index (χ1n) is 15.5. The average Bonchev–Trinajstić information content (AvgIpc) is 3.75. The number of carbonyl (C=O) groups is 2. The third-order valence-electron chi connectivity index (χ3n) is 8.35. The van der Waals surface area contributed by atoms with E-state index in [0.29, 0.717) is 22.9 Å². The topological polar surface area (TPSA) is 185 Å². The van der Waals surface area contributed by atoms with E-state index in [2.05, 4.69) is 28.4 Å².